The molecule has 0 spiro atoms. The van der Waals surface area contributed by atoms with Crippen LogP contribution >= 0.6 is 0 Å². The zero-order valence-corrected chi connectivity index (χ0v) is 14.4. The molecule has 1 amide bonds. The Kier molecular flexibility index (Phi) is 6.56. The predicted molar refractivity (Wildman–Crippen MR) is 90.2 cm³/mol. The molecule has 1 aromatic heterocycles. The van der Waals surface area contributed by atoms with Gasteiger partial charge in [-0.2, -0.15) is 5.10 Å². The van der Waals surface area contributed by atoms with Crippen LogP contribution in [-0.2, 0) is 11.8 Å². The van der Waals surface area contributed by atoms with Crippen LogP contribution in [0.15, 0.2) is 12.3 Å². The molecule has 0 aliphatic carbocycles. The minimum atomic E-state index is -0.0382. The van der Waals surface area contributed by atoms with Crippen molar-refractivity contribution in [2.75, 3.05) is 44.6 Å². The Bertz CT molecular complexity index is 502. The standard InChI is InChI=1S/C16H29N5O2/c1-13(2)10-21-8-7-20(11-14(21)5-9-22)12-16(23)17-15-4-6-19(3)18-15/h4,6,13-14,22H,5,7-12H2,1-3H3,(H,17,18,23)/t14-/m0/s1. The van der Waals surface area contributed by atoms with Gasteiger partial charge >= 0.3 is 0 Å². The molecule has 1 atom stereocenters. The fourth-order valence-electron chi connectivity index (χ4n) is 3.10. The van der Waals surface area contributed by atoms with Gasteiger partial charge in [0.25, 0.3) is 0 Å². The van der Waals surface area contributed by atoms with Crippen molar-refractivity contribution in [2.45, 2.75) is 26.3 Å². The van der Waals surface area contributed by atoms with Gasteiger partial charge in [-0.25, -0.2) is 0 Å². The van der Waals surface area contributed by atoms with Crippen molar-refractivity contribution < 1.29 is 9.90 Å². The van der Waals surface area contributed by atoms with Gasteiger partial charge in [0.05, 0.1) is 6.54 Å². The summed E-state index contributed by atoms with van der Waals surface area (Å²) < 4.78 is 1.66. The van der Waals surface area contributed by atoms with Gasteiger partial charge in [0.2, 0.25) is 5.91 Å². The first kappa shape index (κ1) is 17.9. The summed E-state index contributed by atoms with van der Waals surface area (Å²) in [5, 5.41) is 16.3. The molecule has 23 heavy (non-hydrogen) atoms. The minimum absolute atomic E-state index is 0.0382. The maximum absolute atomic E-state index is 12.1. The van der Waals surface area contributed by atoms with Crippen molar-refractivity contribution in [1.29, 1.82) is 0 Å². The van der Waals surface area contributed by atoms with E-state index in [1.54, 1.807) is 16.9 Å². The number of anilines is 1. The molecule has 7 nitrogen and oxygen atoms in total. The number of carbonyl (C=O) groups is 1. The van der Waals surface area contributed by atoms with E-state index in [0.29, 0.717) is 24.3 Å². The third kappa shape index (κ3) is 5.60. The molecule has 1 aromatic rings. The Hall–Kier alpha value is -1.44. The molecule has 1 aliphatic rings. The van der Waals surface area contributed by atoms with E-state index in [1.807, 2.05) is 7.05 Å². The highest BCUT2D eigenvalue weighted by atomic mass is 16.3. The Morgan fingerprint density at radius 1 is 1.48 bits per heavy atom. The molecular formula is C16H29N5O2. The highest BCUT2D eigenvalue weighted by molar-refractivity contribution is 5.91. The first-order chi connectivity index (χ1) is 11.0. The third-order valence-electron chi connectivity index (χ3n) is 4.10. The number of carbonyl (C=O) groups excluding carboxylic acids is 1. The molecular weight excluding hydrogens is 294 g/mol. The van der Waals surface area contributed by atoms with Crippen molar-refractivity contribution in [2.24, 2.45) is 13.0 Å². The van der Waals surface area contributed by atoms with Crippen LogP contribution in [0.5, 0.6) is 0 Å². The average Bonchev–Trinajstić information content (AvgIpc) is 2.86. The van der Waals surface area contributed by atoms with Crippen LogP contribution in [0.2, 0.25) is 0 Å². The number of nitrogens with zero attached hydrogens (tertiary/aromatic N) is 4. The Labute approximate surface area is 138 Å². The number of nitrogens with one attached hydrogen (secondary N) is 1. The van der Waals surface area contributed by atoms with Gasteiger partial charge in [-0.3, -0.25) is 19.3 Å². The maximum Gasteiger partial charge on any atom is 0.239 e. The molecule has 2 rings (SSSR count). The molecule has 1 aliphatic heterocycles. The van der Waals surface area contributed by atoms with Crippen molar-refractivity contribution >= 4 is 11.7 Å². The van der Waals surface area contributed by atoms with E-state index in [2.05, 4.69) is 34.1 Å². The number of hydrogen-bond donors (Lipinski definition) is 2. The molecule has 0 saturated carbocycles. The topological polar surface area (TPSA) is 73.6 Å². The van der Waals surface area contributed by atoms with Gasteiger partial charge in [0.15, 0.2) is 5.82 Å². The zero-order chi connectivity index (χ0) is 16.8. The van der Waals surface area contributed by atoms with Gasteiger partial charge in [-0.1, -0.05) is 13.8 Å². The minimum Gasteiger partial charge on any atom is -0.396 e. The van der Waals surface area contributed by atoms with Crippen LogP contribution in [-0.4, -0.2) is 76.0 Å². The zero-order valence-electron chi connectivity index (χ0n) is 14.4. The fraction of sp³-hybridized carbons (Fsp3) is 0.750. The molecule has 0 bridgehead atoms. The Morgan fingerprint density at radius 3 is 2.87 bits per heavy atom. The molecule has 1 saturated heterocycles. The van der Waals surface area contributed by atoms with Crippen LogP contribution in [0.4, 0.5) is 5.82 Å². The molecule has 130 valence electrons. The van der Waals surface area contributed by atoms with E-state index in [0.717, 1.165) is 32.6 Å². The monoisotopic (exact) mass is 323 g/mol. The lowest BCUT2D eigenvalue weighted by molar-refractivity contribution is -0.118. The first-order valence-corrected chi connectivity index (χ1v) is 8.34. The summed E-state index contributed by atoms with van der Waals surface area (Å²) in [6.07, 6.45) is 2.56. The number of aromatic nitrogens is 2. The average molecular weight is 323 g/mol. The van der Waals surface area contributed by atoms with E-state index in [4.69, 9.17) is 0 Å². The van der Waals surface area contributed by atoms with E-state index in [9.17, 15) is 9.90 Å². The van der Waals surface area contributed by atoms with E-state index < -0.39 is 0 Å². The van der Waals surface area contributed by atoms with Gasteiger partial charge in [-0.15, -0.1) is 0 Å². The molecule has 7 heteroatoms. The van der Waals surface area contributed by atoms with Crippen LogP contribution < -0.4 is 5.32 Å². The number of aryl methyl sites for hydroxylation is 1. The molecule has 1 fully saturated rings. The number of amides is 1. The second-order valence-electron chi connectivity index (χ2n) is 6.71. The molecule has 2 N–H and O–H groups in total. The number of aliphatic hydroxyl groups excluding tert-OH is 1. The van der Waals surface area contributed by atoms with E-state index in [-0.39, 0.29) is 12.5 Å². The summed E-state index contributed by atoms with van der Waals surface area (Å²) in [5.74, 6) is 1.15. The van der Waals surface area contributed by atoms with Gasteiger partial charge in [0, 0.05) is 58.1 Å². The lowest BCUT2D eigenvalue weighted by atomic mass is 10.1. The van der Waals surface area contributed by atoms with E-state index in [1.165, 1.54) is 0 Å². The lowest BCUT2D eigenvalue weighted by Crippen LogP contribution is -2.55. The summed E-state index contributed by atoms with van der Waals surface area (Å²) in [4.78, 5) is 16.7. The van der Waals surface area contributed by atoms with Crippen LogP contribution in [0.1, 0.15) is 20.3 Å². The number of aliphatic hydroxyl groups is 1. The lowest BCUT2D eigenvalue weighted by Gasteiger charge is -2.41. The van der Waals surface area contributed by atoms with Gasteiger partial charge in [-0.05, 0) is 12.3 Å². The molecule has 0 radical (unpaired) electrons. The fourth-order valence-corrected chi connectivity index (χ4v) is 3.10. The quantitative estimate of drug-likeness (QED) is 0.759. The SMILES string of the molecule is CC(C)CN1CCN(CC(=O)Nc2ccn(C)n2)C[C@@H]1CCO. The predicted octanol–water partition coefficient (Wildman–Crippen LogP) is 0.383. The van der Waals surface area contributed by atoms with Crippen molar-refractivity contribution in [3.8, 4) is 0 Å². The first-order valence-electron chi connectivity index (χ1n) is 8.34. The van der Waals surface area contributed by atoms with Crippen molar-refractivity contribution in [1.82, 2.24) is 19.6 Å². The molecule has 0 unspecified atom stereocenters. The summed E-state index contributed by atoms with van der Waals surface area (Å²) >= 11 is 0. The summed E-state index contributed by atoms with van der Waals surface area (Å²) in [7, 11) is 1.82. The largest absolute Gasteiger partial charge is 0.396 e. The summed E-state index contributed by atoms with van der Waals surface area (Å²) in [6, 6.07) is 2.10. The van der Waals surface area contributed by atoms with Gasteiger partial charge in [0.1, 0.15) is 0 Å². The van der Waals surface area contributed by atoms with Gasteiger partial charge < -0.3 is 10.4 Å². The van der Waals surface area contributed by atoms with Crippen LogP contribution in [0.3, 0.4) is 0 Å². The Morgan fingerprint density at radius 2 is 2.26 bits per heavy atom. The number of hydrogen-bond acceptors (Lipinski definition) is 5. The van der Waals surface area contributed by atoms with Crippen molar-refractivity contribution in [3.63, 3.8) is 0 Å². The van der Waals surface area contributed by atoms with Crippen LogP contribution in [0, 0.1) is 5.92 Å². The second kappa shape index (κ2) is 8.42. The second-order valence-corrected chi connectivity index (χ2v) is 6.71. The third-order valence-corrected chi connectivity index (χ3v) is 4.10. The normalized spacial score (nSPS) is 20.1. The highest BCUT2D eigenvalue weighted by Crippen LogP contribution is 2.15. The summed E-state index contributed by atoms with van der Waals surface area (Å²) in [5.41, 5.74) is 0. The number of rotatable bonds is 7. The molecule has 2 heterocycles. The van der Waals surface area contributed by atoms with Crippen molar-refractivity contribution in [3.05, 3.63) is 12.3 Å². The number of piperazine rings is 1. The van der Waals surface area contributed by atoms with Crippen LogP contribution in [0.25, 0.3) is 0 Å². The van der Waals surface area contributed by atoms with E-state index >= 15 is 0 Å². The Balaban J connectivity index is 1.85. The highest BCUT2D eigenvalue weighted by Gasteiger charge is 2.27. The smallest absolute Gasteiger partial charge is 0.239 e. The maximum atomic E-state index is 12.1. The summed E-state index contributed by atoms with van der Waals surface area (Å²) in [6.45, 7) is 8.66. The molecule has 0 aromatic carbocycles.